The number of rotatable bonds is 6. The molecule has 30 heavy (non-hydrogen) atoms. The molecule has 4 rings (SSSR count). The summed E-state index contributed by atoms with van der Waals surface area (Å²) in [4.78, 5) is 25.2. The van der Waals surface area contributed by atoms with Crippen LogP contribution in [0.4, 0.5) is 14.7 Å². The van der Waals surface area contributed by atoms with Crippen LogP contribution in [-0.2, 0) is 12.8 Å². The first-order chi connectivity index (χ1) is 14.5. The predicted octanol–water partition coefficient (Wildman–Crippen LogP) is 4.29. The van der Waals surface area contributed by atoms with Gasteiger partial charge in [0.2, 0.25) is 5.95 Å². The summed E-state index contributed by atoms with van der Waals surface area (Å²) in [7, 11) is 0. The third kappa shape index (κ3) is 4.15. The van der Waals surface area contributed by atoms with Gasteiger partial charge in [-0.05, 0) is 36.2 Å². The molecule has 0 aliphatic heterocycles. The smallest absolute Gasteiger partial charge is 0.221 e. The summed E-state index contributed by atoms with van der Waals surface area (Å²) in [5.41, 5.74) is 7.76. The number of carbonyl (C=O) groups excluding carboxylic acids is 1. The van der Waals surface area contributed by atoms with Gasteiger partial charge in [-0.2, -0.15) is 0 Å². The molecule has 5 nitrogen and oxygen atoms in total. The number of benzene rings is 2. The van der Waals surface area contributed by atoms with Gasteiger partial charge in [0.15, 0.2) is 5.78 Å². The highest BCUT2D eigenvalue weighted by atomic mass is 19.1. The highest BCUT2D eigenvalue weighted by Gasteiger charge is 2.16. The zero-order valence-corrected chi connectivity index (χ0v) is 16.0. The fraction of sp³-hybridized carbons (Fsp3) is 0.130. The van der Waals surface area contributed by atoms with Gasteiger partial charge >= 0.3 is 0 Å². The summed E-state index contributed by atoms with van der Waals surface area (Å²) in [6.45, 7) is 0. The van der Waals surface area contributed by atoms with Crippen molar-refractivity contribution in [2.75, 3.05) is 5.73 Å². The minimum atomic E-state index is -0.557. The number of nitrogen functional groups attached to an aromatic ring is 1. The van der Waals surface area contributed by atoms with Crippen molar-refractivity contribution >= 4 is 22.6 Å². The van der Waals surface area contributed by atoms with E-state index in [0.717, 1.165) is 0 Å². The van der Waals surface area contributed by atoms with Crippen LogP contribution >= 0.6 is 0 Å². The van der Waals surface area contributed by atoms with Crippen LogP contribution in [0.25, 0.3) is 10.9 Å². The molecule has 0 aliphatic carbocycles. The maximum absolute atomic E-state index is 14.0. The molecular formula is C23H18F2N4O. The fourth-order valence-corrected chi connectivity index (χ4v) is 3.31. The summed E-state index contributed by atoms with van der Waals surface area (Å²) in [5, 5.41) is 0.329. The number of pyridine rings is 1. The van der Waals surface area contributed by atoms with Crippen molar-refractivity contribution in [2.24, 2.45) is 0 Å². The van der Waals surface area contributed by atoms with Crippen LogP contribution in [0.2, 0.25) is 0 Å². The molecule has 0 unspecified atom stereocenters. The average Bonchev–Trinajstić information content (AvgIpc) is 2.74. The van der Waals surface area contributed by atoms with E-state index in [2.05, 4.69) is 15.0 Å². The maximum Gasteiger partial charge on any atom is 0.221 e. The molecule has 2 heterocycles. The number of aromatic nitrogens is 3. The first-order valence-corrected chi connectivity index (χ1v) is 9.44. The van der Waals surface area contributed by atoms with Gasteiger partial charge in [0, 0.05) is 29.6 Å². The van der Waals surface area contributed by atoms with Gasteiger partial charge < -0.3 is 5.73 Å². The second-order valence-corrected chi connectivity index (χ2v) is 6.88. The molecule has 4 aromatic rings. The molecule has 0 saturated carbocycles. The minimum absolute atomic E-state index is 0.0263. The van der Waals surface area contributed by atoms with Gasteiger partial charge in [-0.25, -0.2) is 18.7 Å². The van der Waals surface area contributed by atoms with Crippen LogP contribution in [0, 0.1) is 11.6 Å². The molecule has 2 N–H and O–H groups in total. The maximum atomic E-state index is 14.0. The monoisotopic (exact) mass is 404 g/mol. The molecule has 7 heteroatoms. The molecular weight excluding hydrogens is 386 g/mol. The Morgan fingerprint density at radius 1 is 0.833 bits per heavy atom. The zero-order chi connectivity index (χ0) is 21.1. The first-order valence-electron chi connectivity index (χ1n) is 9.44. The number of Topliss-reactive ketones (excluding diaryl/α,β-unsaturated/α-hetero) is 1. The Balaban J connectivity index is 1.52. The average molecular weight is 404 g/mol. The third-order valence-electron chi connectivity index (χ3n) is 4.76. The first kappa shape index (κ1) is 19.6. The lowest BCUT2D eigenvalue weighted by Gasteiger charge is -2.08. The predicted molar refractivity (Wildman–Crippen MR) is 110 cm³/mol. The molecule has 0 atom stereocenters. The molecule has 0 saturated heterocycles. The standard InChI is InChI=1S/C23H18F2N4O/c24-18-9-2-1-5-14(18)13-16-7-3-6-15(27-16)11-12-20(30)22-17-8-4-10-19(25)21(17)28-23(26)29-22/h1-10H,11-13H2,(H2,26,28,29). The quantitative estimate of drug-likeness (QED) is 0.485. The Morgan fingerprint density at radius 2 is 1.57 bits per heavy atom. The lowest BCUT2D eigenvalue weighted by atomic mass is 10.0. The molecule has 0 spiro atoms. The number of halogens is 2. The van der Waals surface area contributed by atoms with Crippen molar-refractivity contribution in [3.63, 3.8) is 0 Å². The van der Waals surface area contributed by atoms with E-state index >= 15 is 0 Å². The van der Waals surface area contributed by atoms with E-state index in [1.54, 1.807) is 24.3 Å². The van der Waals surface area contributed by atoms with E-state index < -0.39 is 5.82 Å². The summed E-state index contributed by atoms with van der Waals surface area (Å²) in [6.07, 6.45) is 0.851. The molecule has 2 aromatic heterocycles. The zero-order valence-electron chi connectivity index (χ0n) is 16.0. The highest BCUT2D eigenvalue weighted by molar-refractivity contribution is 6.06. The van der Waals surface area contributed by atoms with E-state index in [4.69, 9.17) is 5.73 Å². The number of para-hydroxylation sites is 1. The molecule has 0 radical (unpaired) electrons. The minimum Gasteiger partial charge on any atom is -0.368 e. The molecule has 0 aliphatic rings. The van der Waals surface area contributed by atoms with Gasteiger partial charge in [0.1, 0.15) is 22.8 Å². The van der Waals surface area contributed by atoms with Crippen molar-refractivity contribution in [3.05, 3.63) is 94.9 Å². The van der Waals surface area contributed by atoms with Crippen molar-refractivity contribution in [1.82, 2.24) is 15.0 Å². The third-order valence-corrected chi connectivity index (χ3v) is 4.76. The lowest BCUT2D eigenvalue weighted by Crippen LogP contribution is -2.09. The summed E-state index contributed by atoms with van der Waals surface area (Å²) >= 11 is 0. The summed E-state index contributed by atoms with van der Waals surface area (Å²) < 4.78 is 27.9. The van der Waals surface area contributed by atoms with Crippen LogP contribution in [0.3, 0.4) is 0 Å². The number of fused-ring (bicyclic) bond motifs is 1. The number of anilines is 1. The number of carbonyl (C=O) groups is 1. The lowest BCUT2D eigenvalue weighted by molar-refractivity contribution is 0.0979. The van der Waals surface area contributed by atoms with Crippen LogP contribution in [-0.4, -0.2) is 20.7 Å². The second-order valence-electron chi connectivity index (χ2n) is 6.88. The van der Waals surface area contributed by atoms with Gasteiger partial charge in [-0.15, -0.1) is 0 Å². The van der Waals surface area contributed by atoms with E-state index in [1.807, 2.05) is 18.2 Å². The van der Waals surface area contributed by atoms with E-state index in [9.17, 15) is 13.6 Å². The van der Waals surface area contributed by atoms with Gasteiger partial charge in [-0.3, -0.25) is 9.78 Å². The Bertz CT molecular complexity index is 1240. The number of hydrogen-bond acceptors (Lipinski definition) is 5. The molecule has 0 bridgehead atoms. The van der Waals surface area contributed by atoms with Crippen molar-refractivity contribution < 1.29 is 13.6 Å². The van der Waals surface area contributed by atoms with Crippen LogP contribution in [0.15, 0.2) is 60.7 Å². The SMILES string of the molecule is Nc1nc(C(=O)CCc2cccc(Cc3ccccc3F)n2)c2cccc(F)c2n1. The Hall–Kier alpha value is -3.74. The van der Waals surface area contributed by atoms with Gasteiger partial charge in [0.05, 0.1) is 0 Å². The highest BCUT2D eigenvalue weighted by Crippen LogP contribution is 2.21. The van der Waals surface area contributed by atoms with Crippen molar-refractivity contribution in [2.45, 2.75) is 19.3 Å². The second kappa shape index (κ2) is 8.32. The Labute approximate surface area is 171 Å². The number of hydrogen-bond donors (Lipinski definition) is 1. The number of nitrogens with two attached hydrogens (primary N) is 1. The topological polar surface area (TPSA) is 81.8 Å². The van der Waals surface area contributed by atoms with Crippen LogP contribution in [0.5, 0.6) is 0 Å². The van der Waals surface area contributed by atoms with E-state index in [0.29, 0.717) is 35.2 Å². The van der Waals surface area contributed by atoms with Crippen LogP contribution in [0.1, 0.15) is 33.9 Å². The largest absolute Gasteiger partial charge is 0.368 e. The van der Waals surface area contributed by atoms with Crippen molar-refractivity contribution in [1.29, 1.82) is 0 Å². The molecule has 0 amide bonds. The molecule has 150 valence electrons. The Kier molecular flexibility index (Phi) is 5.43. The van der Waals surface area contributed by atoms with Gasteiger partial charge in [-0.1, -0.05) is 36.4 Å². The van der Waals surface area contributed by atoms with E-state index in [-0.39, 0.29) is 35.2 Å². The van der Waals surface area contributed by atoms with Crippen molar-refractivity contribution in [3.8, 4) is 0 Å². The van der Waals surface area contributed by atoms with Gasteiger partial charge in [0.25, 0.3) is 0 Å². The Morgan fingerprint density at radius 3 is 2.40 bits per heavy atom. The number of ketones is 1. The number of aryl methyl sites for hydroxylation is 1. The summed E-state index contributed by atoms with van der Waals surface area (Å²) in [6, 6.07) is 16.4. The van der Waals surface area contributed by atoms with Crippen LogP contribution < -0.4 is 5.73 Å². The fourth-order valence-electron chi connectivity index (χ4n) is 3.31. The normalized spacial score (nSPS) is 11.0. The number of nitrogens with zero attached hydrogens (tertiary/aromatic N) is 3. The molecule has 0 fully saturated rings. The summed E-state index contributed by atoms with van der Waals surface area (Å²) in [5.74, 6) is -1.26. The molecule has 2 aromatic carbocycles. The van der Waals surface area contributed by atoms with E-state index in [1.165, 1.54) is 18.2 Å².